The topological polar surface area (TPSA) is 56.5 Å². The van der Waals surface area contributed by atoms with Gasteiger partial charge < -0.3 is 9.15 Å². The van der Waals surface area contributed by atoms with E-state index < -0.39 is 5.63 Å². The highest BCUT2D eigenvalue weighted by Gasteiger charge is 2.31. The number of halogens is 1. The van der Waals surface area contributed by atoms with Crippen LogP contribution in [-0.4, -0.2) is 18.1 Å². The number of benzene rings is 2. The van der Waals surface area contributed by atoms with Crippen LogP contribution >= 0.6 is 23.4 Å². The van der Waals surface area contributed by atoms with E-state index in [1.165, 1.54) is 6.07 Å². The average molecular weight is 373 g/mol. The summed E-state index contributed by atoms with van der Waals surface area (Å²) in [6.07, 6.45) is 0. The highest BCUT2D eigenvalue weighted by molar-refractivity contribution is 7.99. The molecular formula is C19H13ClO4S. The fraction of sp³-hybridized carbons (Fsp3) is 0.158. The molecule has 2 heterocycles. The van der Waals surface area contributed by atoms with Crippen LogP contribution in [-0.2, 0) is 4.79 Å². The van der Waals surface area contributed by atoms with Gasteiger partial charge in [0.1, 0.15) is 17.9 Å². The normalized spacial score (nSPS) is 16.0. The van der Waals surface area contributed by atoms with Crippen molar-refractivity contribution in [3.8, 4) is 5.75 Å². The zero-order valence-electron chi connectivity index (χ0n) is 13.0. The molecule has 126 valence electrons. The third-order valence-corrected chi connectivity index (χ3v) is 5.56. The molecular weight excluding hydrogens is 360 g/mol. The quantitative estimate of drug-likeness (QED) is 0.639. The van der Waals surface area contributed by atoms with Crippen molar-refractivity contribution in [1.29, 1.82) is 0 Å². The lowest BCUT2D eigenvalue weighted by Crippen LogP contribution is -2.20. The van der Waals surface area contributed by atoms with Gasteiger partial charge in [-0.3, -0.25) is 4.79 Å². The van der Waals surface area contributed by atoms with Crippen molar-refractivity contribution >= 4 is 40.1 Å². The van der Waals surface area contributed by atoms with Gasteiger partial charge in [0, 0.05) is 27.1 Å². The number of hydrogen-bond acceptors (Lipinski definition) is 5. The predicted molar refractivity (Wildman–Crippen MR) is 97.9 cm³/mol. The summed E-state index contributed by atoms with van der Waals surface area (Å²) in [5.74, 6) is 0.993. The highest BCUT2D eigenvalue weighted by atomic mass is 35.5. The summed E-state index contributed by atoms with van der Waals surface area (Å²) in [5, 5.41) is 1.43. The third-order valence-electron chi connectivity index (χ3n) is 4.14. The Morgan fingerprint density at radius 2 is 1.96 bits per heavy atom. The van der Waals surface area contributed by atoms with Crippen LogP contribution in [0.1, 0.15) is 11.5 Å². The van der Waals surface area contributed by atoms with Gasteiger partial charge in [0.2, 0.25) is 0 Å². The largest absolute Gasteiger partial charge is 0.486 e. The fourth-order valence-electron chi connectivity index (χ4n) is 2.93. The van der Waals surface area contributed by atoms with Crippen LogP contribution in [0.3, 0.4) is 0 Å². The highest BCUT2D eigenvalue weighted by Crippen LogP contribution is 2.43. The maximum atomic E-state index is 12.7. The van der Waals surface area contributed by atoms with E-state index in [2.05, 4.69) is 0 Å². The van der Waals surface area contributed by atoms with Gasteiger partial charge in [-0.15, -0.1) is 11.8 Å². The summed E-state index contributed by atoms with van der Waals surface area (Å²) < 4.78 is 10.8. The zero-order valence-corrected chi connectivity index (χ0v) is 14.6. The molecule has 4 nitrogen and oxygen atoms in total. The van der Waals surface area contributed by atoms with E-state index in [0.717, 1.165) is 15.8 Å². The van der Waals surface area contributed by atoms with E-state index in [9.17, 15) is 9.59 Å². The Labute approximate surface area is 152 Å². The predicted octanol–water partition coefficient (Wildman–Crippen LogP) is 4.28. The Morgan fingerprint density at radius 3 is 2.76 bits per heavy atom. The molecule has 2 aromatic carbocycles. The van der Waals surface area contributed by atoms with Gasteiger partial charge in [-0.05, 0) is 48.0 Å². The maximum Gasteiger partial charge on any atom is 0.336 e. The molecule has 0 amide bonds. The lowest BCUT2D eigenvalue weighted by atomic mass is 9.94. The minimum Gasteiger partial charge on any atom is -0.486 e. The zero-order chi connectivity index (χ0) is 17.4. The van der Waals surface area contributed by atoms with Crippen molar-refractivity contribution in [2.45, 2.75) is 10.8 Å². The summed E-state index contributed by atoms with van der Waals surface area (Å²) in [5.41, 5.74) is 1.04. The van der Waals surface area contributed by atoms with E-state index in [-0.39, 0.29) is 18.3 Å². The van der Waals surface area contributed by atoms with Gasteiger partial charge in [0.05, 0.1) is 5.92 Å². The minimum absolute atomic E-state index is 0.0000926. The number of hydrogen-bond donors (Lipinski definition) is 0. The van der Waals surface area contributed by atoms with E-state index >= 15 is 0 Å². The molecule has 1 aliphatic heterocycles. The van der Waals surface area contributed by atoms with Crippen molar-refractivity contribution in [3.63, 3.8) is 0 Å². The van der Waals surface area contributed by atoms with Crippen molar-refractivity contribution in [1.82, 2.24) is 0 Å². The second-order valence-corrected chi connectivity index (χ2v) is 7.21. The van der Waals surface area contributed by atoms with Crippen LogP contribution in [0.5, 0.6) is 5.75 Å². The first-order valence-electron chi connectivity index (χ1n) is 7.72. The van der Waals surface area contributed by atoms with Gasteiger partial charge in [-0.1, -0.05) is 11.6 Å². The van der Waals surface area contributed by atoms with Gasteiger partial charge >= 0.3 is 5.63 Å². The van der Waals surface area contributed by atoms with Crippen LogP contribution < -0.4 is 10.4 Å². The molecule has 0 N–H and O–H groups in total. The molecule has 0 saturated heterocycles. The molecule has 25 heavy (non-hydrogen) atoms. The van der Waals surface area contributed by atoms with Crippen LogP contribution in [0.4, 0.5) is 0 Å². The third kappa shape index (κ3) is 3.17. The Balaban J connectivity index is 1.60. The molecule has 6 heteroatoms. The van der Waals surface area contributed by atoms with Crippen LogP contribution in [0.2, 0.25) is 5.02 Å². The van der Waals surface area contributed by atoms with E-state index in [1.807, 2.05) is 6.07 Å². The number of Topliss-reactive ketones (excluding diaryl/α,β-unsaturated/α-hetero) is 1. The first kappa shape index (κ1) is 16.2. The number of ether oxygens (including phenoxy) is 1. The van der Waals surface area contributed by atoms with E-state index in [0.29, 0.717) is 22.1 Å². The summed E-state index contributed by atoms with van der Waals surface area (Å²) in [4.78, 5) is 25.2. The smallest absolute Gasteiger partial charge is 0.336 e. The average Bonchev–Trinajstić information content (AvgIpc) is 3.05. The molecule has 0 radical (unpaired) electrons. The standard InChI is InChI=1S/C19H13ClO4S/c20-11-1-3-12(4-2-11)23-9-15(21)14-10-25-17-7-6-16-13(19(14)17)5-8-18(22)24-16/h1-8,14H,9-10H2. The first-order valence-corrected chi connectivity index (χ1v) is 9.09. The second kappa shape index (κ2) is 6.58. The first-order chi connectivity index (χ1) is 12.1. The Bertz CT molecular complexity index is 1010. The second-order valence-electron chi connectivity index (χ2n) is 5.72. The lowest BCUT2D eigenvalue weighted by molar-refractivity contribution is -0.121. The number of rotatable bonds is 4. The van der Waals surface area contributed by atoms with Gasteiger partial charge in [-0.25, -0.2) is 4.79 Å². The van der Waals surface area contributed by atoms with Gasteiger partial charge in [0.25, 0.3) is 0 Å². The summed E-state index contributed by atoms with van der Waals surface area (Å²) in [6, 6.07) is 13.7. The van der Waals surface area contributed by atoms with E-state index in [1.54, 1.807) is 48.2 Å². The minimum atomic E-state index is -0.396. The molecule has 0 aliphatic carbocycles. The summed E-state index contributed by atoms with van der Waals surface area (Å²) >= 11 is 7.48. The molecule has 0 spiro atoms. The lowest BCUT2D eigenvalue weighted by Gasteiger charge is -2.13. The van der Waals surface area contributed by atoms with Gasteiger partial charge in [-0.2, -0.15) is 0 Å². The van der Waals surface area contributed by atoms with Crippen molar-refractivity contribution in [3.05, 3.63) is 69.5 Å². The van der Waals surface area contributed by atoms with Gasteiger partial charge in [0.15, 0.2) is 5.78 Å². The van der Waals surface area contributed by atoms with Crippen molar-refractivity contribution in [2.24, 2.45) is 0 Å². The molecule has 4 rings (SSSR count). The van der Waals surface area contributed by atoms with Crippen molar-refractivity contribution in [2.75, 3.05) is 12.4 Å². The molecule has 0 saturated carbocycles. The monoisotopic (exact) mass is 372 g/mol. The SMILES string of the molecule is O=C(COc1ccc(Cl)cc1)C1CSc2ccc3oc(=O)ccc3c21. The molecule has 1 aromatic heterocycles. The summed E-state index contributed by atoms with van der Waals surface area (Å²) in [6.45, 7) is -0.0144. The van der Waals surface area contributed by atoms with Crippen LogP contribution in [0.25, 0.3) is 11.0 Å². The van der Waals surface area contributed by atoms with Crippen LogP contribution in [0, 0.1) is 0 Å². The number of carbonyl (C=O) groups excluding carboxylic acids is 1. The van der Waals surface area contributed by atoms with Crippen molar-refractivity contribution < 1.29 is 13.9 Å². The number of carbonyl (C=O) groups is 1. The summed E-state index contributed by atoms with van der Waals surface area (Å²) in [7, 11) is 0. The Hall–Kier alpha value is -2.24. The fourth-order valence-corrected chi connectivity index (χ4v) is 4.33. The number of ketones is 1. The number of fused-ring (bicyclic) bond motifs is 3. The molecule has 1 unspecified atom stereocenters. The van der Waals surface area contributed by atoms with E-state index in [4.69, 9.17) is 20.8 Å². The molecule has 1 aliphatic rings. The van der Waals surface area contributed by atoms with Crippen LogP contribution in [0.15, 0.2) is 62.6 Å². The molecule has 3 aromatic rings. The molecule has 0 fully saturated rings. The molecule has 0 bridgehead atoms. The Morgan fingerprint density at radius 1 is 1.16 bits per heavy atom. The Kier molecular flexibility index (Phi) is 4.27. The number of thioether (sulfide) groups is 1. The maximum absolute atomic E-state index is 12.7. The molecule has 1 atom stereocenters.